The van der Waals surface area contributed by atoms with E-state index < -0.39 is 5.97 Å². The number of carboxylic acid groups (broad SMARTS) is 1. The molecular formula is C16H31NO2. The largest absolute Gasteiger partial charge is 0.481 e. The Balaban J connectivity index is 2.16. The monoisotopic (exact) mass is 269 g/mol. The highest BCUT2D eigenvalue weighted by atomic mass is 16.4. The summed E-state index contributed by atoms with van der Waals surface area (Å²) in [6.07, 6.45) is 16.0. The van der Waals surface area contributed by atoms with Crippen LogP contribution in [0.15, 0.2) is 0 Å². The normalized spacial score (nSPS) is 20.4. The highest BCUT2D eigenvalue weighted by molar-refractivity contribution is 5.66. The summed E-state index contributed by atoms with van der Waals surface area (Å²) in [5, 5.41) is 12.2. The second-order valence-corrected chi connectivity index (χ2v) is 5.91. The summed E-state index contributed by atoms with van der Waals surface area (Å²) < 4.78 is 0. The summed E-state index contributed by atoms with van der Waals surface area (Å²) in [6.45, 7) is 0.858. The molecule has 0 unspecified atom stereocenters. The fourth-order valence-electron chi connectivity index (χ4n) is 2.91. The van der Waals surface area contributed by atoms with Crippen molar-refractivity contribution in [1.82, 2.24) is 5.32 Å². The van der Waals surface area contributed by atoms with E-state index in [9.17, 15) is 4.79 Å². The van der Waals surface area contributed by atoms with E-state index >= 15 is 0 Å². The van der Waals surface area contributed by atoms with E-state index in [1.54, 1.807) is 0 Å². The molecule has 1 aliphatic rings. The minimum absolute atomic E-state index is 0.291. The molecule has 19 heavy (non-hydrogen) atoms. The molecule has 2 N–H and O–H groups in total. The van der Waals surface area contributed by atoms with Gasteiger partial charge in [0.2, 0.25) is 0 Å². The Hall–Kier alpha value is -0.570. The Morgan fingerprint density at radius 3 is 1.84 bits per heavy atom. The first kappa shape index (κ1) is 16.5. The maximum Gasteiger partial charge on any atom is 0.303 e. The lowest BCUT2D eigenvalue weighted by molar-refractivity contribution is -0.137. The van der Waals surface area contributed by atoms with Gasteiger partial charge in [-0.25, -0.2) is 0 Å². The maximum atomic E-state index is 10.5. The SMILES string of the molecule is O=C(O)CCCNC1CCCCCCCCCCC1. The molecule has 0 bridgehead atoms. The molecule has 0 aromatic rings. The fourth-order valence-corrected chi connectivity index (χ4v) is 2.91. The third kappa shape index (κ3) is 9.94. The van der Waals surface area contributed by atoms with Crippen molar-refractivity contribution in [1.29, 1.82) is 0 Å². The first-order valence-electron chi connectivity index (χ1n) is 8.24. The first-order chi connectivity index (χ1) is 9.29. The van der Waals surface area contributed by atoms with Crippen LogP contribution < -0.4 is 5.32 Å². The minimum Gasteiger partial charge on any atom is -0.481 e. The zero-order valence-corrected chi connectivity index (χ0v) is 12.3. The predicted octanol–water partition coefficient (Wildman–Crippen LogP) is 4.11. The van der Waals surface area contributed by atoms with Crippen LogP contribution in [-0.2, 0) is 4.79 Å². The van der Waals surface area contributed by atoms with Crippen molar-refractivity contribution < 1.29 is 9.90 Å². The zero-order valence-electron chi connectivity index (χ0n) is 12.3. The van der Waals surface area contributed by atoms with Crippen LogP contribution in [0.1, 0.15) is 83.5 Å². The Bertz CT molecular complexity index is 219. The van der Waals surface area contributed by atoms with Gasteiger partial charge in [0.15, 0.2) is 0 Å². The summed E-state index contributed by atoms with van der Waals surface area (Å²) >= 11 is 0. The zero-order chi connectivity index (χ0) is 13.8. The summed E-state index contributed by atoms with van der Waals surface area (Å²) in [7, 11) is 0. The van der Waals surface area contributed by atoms with E-state index in [0.717, 1.165) is 13.0 Å². The number of hydrogen-bond acceptors (Lipinski definition) is 2. The van der Waals surface area contributed by atoms with Crippen molar-refractivity contribution in [3.8, 4) is 0 Å². The molecule has 0 radical (unpaired) electrons. The van der Waals surface area contributed by atoms with E-state index in [1.165, 1.54) is 70.6 Å². The van der Waals surface area contributed by atoms with E-state index in [1.807, 2.05) is 0 Å². The molecule has 0 aromatic heterocycles. The van der Waals surface area contributed by atoms with Crippen LogP contribution in [0.4, 0.5) is 0 Å². The molecule has 3 heteroatoms. The maximum absolute atomic E-state index is 10.5. The van der Waals surface area contributed by atoms with Crippen LogP contribution in [-0.4, -0.2) is 23.7 Å². The van der Waals surface area contributed by atoms with Crippen molar-refractivity contribution >= 4 is 5.97 Å². The summed E-state index contributed by atoms with van der Waals surface area (Å²) in [5.41, 5.74) is 0. The Morgan fingerprint density at radius 2 is 1.37 bits per heavy atom. The minimum atomic E-state index is -0.680. The van der Waals surface area contributed by atoms with Crippen molar-refractivity contribution in [2.45, 2.75) is 89.5 Å². The lowest BCUT2D eigenvalue weighted by Crippen LogP contribution is -2.30. The second kappa shape index (κ2) is 11.3. The predicted molar refractivity (Wildman–Crippen MR) is 79.4 cm³/mol. The van der Waals surface area contributed by atoms with Gasteiger partial charge in [-0.1, -0.05) is 57.8 Å². The van der Waals surface area contributed by atoms with Gasteiger partial charge in [-0.05, 0) is 25.8 Å². The third-order valence-electron chi connectivity index (χ3n) is 4.11. The number of hydrogen-bond donors (Lipinski definition) is 2. The molecule has 1 saturated carbocycles. The molecule has 0 heterocycles. The molecule has 1 fully saturated rings. The van der Waals surface area contributed by atoms with Crippen LogP contribution in [0.25, 0.3) is 0 Å². The van der Waals surface area contributed by atoms with E-state index in [-0.39, 0.29) is 0 Å². The van der Waals surface area contributed by atoms with Gasteiger partial charge in [-0.3, -0.25) is 4.79 Å². The fraction of sp³-hybridized carbons (Fsp3) is 0.938. The number of nitrogens with one attached hydrogen (secondary N) is 1. The summed E-state index contributed by atoms with van der Waals surface area (Å²) in [4.78, 5) is 10.5. The second-order valence-electron chi connectivity index (χ2n) is 5.91. The Morgan fingerprint density at radius 1 is 0.895 bits per heavy atom. The molecule has 0 spiro atoms. The lowest BCUT2D eigenvalue weighted by Gasteiger charge is -2.19. The molecule has 112 valence electrons. The van der Waals surface area contributed by atoms with Crippen LogP contribution in [0.3, 0.4) is 0 Å². The molecule has 0 saturated heterocycles. The molecule has 1 aliphatic carbocycles. The van der Waals surface area contributed by atoms with Crippen molar-refractivity contribution in [2.75, 3.05) is 6.54 Å². The third-order valence-corrected chi connectivity index (χ3v) is 4.11. The molecular weight excluding hydrogens is 238 g/mol. The van der Waals surface area contributed by atoms with Crippen LogP contribution in [0.5, 0.6) is 0 Å². The average molecular weight is 269 g/mol. The number of carboxylic acids is 1. The van der Waals surface area contributed by atoms with Gasteiger partial charge in [0.05, 0.1) is 0 Å². The van der Waals surface area contributed by atoms with Gasteiger partial charge in [0.1, 0.15) is 0 Å². The quantitative estimate of drug-likeness (QED) is 0.738. The van der Waals surface area contributed by atoms with Crippen molar-refractivity contribution in [3.63, 3.8) is 0 Å². The van der Waals surface area contributed by atoms with E-state index in [2.05, 4.69) is 5.32 Å². The molecule has 1 rings (SSSR count). The Kier molecular flexibility index (Phi) is 9.78. The summed E-state index contributed by atoms with van der Waals surface area (Å²) in [6, 6.07) is 0.619. The number of rotatable bonds is 5. The molecule has 3 nitrogen and oxygen atoms in total. The smallest absolute Gasteiger partial charge is 0.303 e. The van der Waals surface area contributed by atoms with Gasteiger partial charge in [-0.2, -0.15) is 0 Å². The lowest BCUT2D eigenvalue weighted by atomic mass is 9.98. The highest BCUT2D eigenvalue weighted by Crippen LogP contribution is 2.16. The van der Waals surface area contributed by atoms with Crippen molar-refractivity contribution in [2.24, 2.45) is 0 Å². The standard InChI is InChI=1S/C16H31NO2/c18-16(19)13-10-14-17-15-11-8-6-4-2-1-3-5-7-9-12-15/h15,17H,1-14H2,(H,18,19). The van der Waals surface area contributed by atoms with Crippen LogP contribution in [0, 0.1) is 0 Å². The Labute approximate surface area is 118 Å². The van der Waals surface area contributed by atoms with Crippen molar-refractivity contribution in [3.05, 3.63) is 0 Å². The van der Waals surface area contributed by atoms with Gasteiger partial charge in [0.25, 0.3) is 0 Å². The number of carbonyl (C=O) groups is 1. The van der Waals surface area contributed by atoms with Gasteiger partial charge in [-0.15, -0.1) is 0 Å². The van der Waals surface area contributed by atoms with E-state index in [4.69, 9.17) is 5.11 Å². The van der Waals surface area contributed by atoms with Crippen LogP contribution >= 0.6 is 0 Å². The van der Waals surface area contributed by atoms with Crippen LogP contribution in [0.2, 0.25) is 0 Å². The molecule has 0 aliphatic heterocycles. The molecule has 0 atom stereocenters. The summed E-state index contributed by atoms with van der Waals surface area (Å²) in [5.74, 6) is -0.680. The van der Waals surface area contributed by atoms with E-state index in [0.29, 0.717) is 12.5 Å². The average Bonchev–Trinajstić information content (AvgIpc) is 2.36. The van der Waals surface area contributed by atoms with Gasteiger partial charge >= 0.3 is 5.97 Å². The van der Waals surface area contributed by atoms with Gasteiger partial charge in [0, 0.05) is 12.5 Å². The highest BCUT2D eigenvalue weighted by Gasteiger charge is 2.08. The topological polar surface area (TPSA) is 49.3 Å². The van der Waals surface area contributed by atoms with Gasteiger partial charge < -0.3 is 10.4 Å². The number of aliphatic carboxylic acids is 1. The molecule has 0 amide bonds. The first-order valence-corrected chi connectivity index (χ1v) is 8.24. The molecule has 0 aromatic carbocycles.